The van der Waals surface area contributed by atoms with Crippen LogP contribution < -0.4 is 15.8 Å². The van der Waals surface area contributed by atoms with Crippen LogP contribution in [0.25, 0.3) is 6.08 Å². The van der Waals surface area contributed by atoms with Gasteiger partial charge in [-0.3, -0.25) is 9.59 Å². The molecule has 1 aliphatic carbocycles. The van der Waals surface area contributed by atoms with Gasteiger partial charge in [0.15, 0.2) is 11.6 Å². The van der Waals surface area contributed by atoms with Crippen LogP contribution >= 0.6 is 0 Å². The van der Waals surface area contributed by atoms with Gasteiger partial charge in [0, 0.05) is 31.1 Å². The van der Waals surface area contributed by atoms with E-state index < -0.39 is 5.97 Å². The van der Waals surface area contributed by atoms with E-state index in [1.165, 1.54) is 12.1 Å². The quantitative estimate of drug-likeness (QED) is 0.431. The van der Waals surface area contributed by atoms with Gasteiger partial charge in [-0.1, -0.05) is 18.2 Å². The van der Waals surface area contributed by atoms with Crippen LogP contribution in [-0.4, -0.2) is 42.8 Å². The van der Waals surface area contributed by atoms with Gasteiger partial charge in [0.25, 0.3) is 0 Å². The first kappa shape index (κ1) is 21.3. The number of Topliss-reactive ketones (excluding diaryl/α,β-unsaturated/α-hetero) is 2. The van der Waals surface area contributed by atoms with Crippen LogP contribution in [0.5, 0.6) is 5.75 Å². The molecule has 7 nitrogen and oxygen atoms in total. The summed E-state index contributed by atoms with van der Waals surface area (Å²) in [5, 5.41) is 12.3. The van der Waals surface area contributed by atoms with E-state index in [-0.39, 0.29) is 35.5 Å². The van der Waals surface area contributed by atoms with Crippen molar-refractivity contribution in [1.82, 2.24) is 0 Å². The Hall–Kier alpha value is -3.45. The maximum Gasteiger partial charge on any atom is 0.335 e. The summed E-state index contributed by atoms with van der Waals surface area (Å²) in [6, 6.07) is 10.0. The molecular formula is C23H24N2O5. The topological polar surface area (TPSA) is 119 Å². The fourth-order valence-electron chi connectivity index (χ4n) is 3.40. The van der Waals surface area contributed by atoms with Crippen molar-refractivity contribution in [2.24, 2.45) is 5.73 Å². The van der Waals surface area contributed by atoms with Gasteiger partial charge in [-0.25, -0.2) is 4.79 Å². The summed E-state index contributed by atoms with van der Waals surface area (Å²) in [5.74, 6) is -1.33. The van der Waals surface area contributed by atoms with E-state index in [9.17, 15) is 19.5 Å². The summed E-state index contributed by atoms with van der Waals surface area (Å²) >= 11 is 0. The first-order valence-corrected chi connectivity index (χ1v) is 9.71. The number of benzene rings is 2. The zero-order valence-corrected chi connectivity index (χ0v) is 16.7. The maximum absolute atomic E-state index is 12.9. The molecule has 0 heterocycles. The molecule has 0 radical (unpaired) electrons. The summed E-state index contributed by atoms with van der Waals surface area (Å²) in [7, 11) is 1.79. The number of hydrogen-bond acceptors (Lipinski definition) is 6. The second-order valence-electron chi connectivity index (χ2n) is 7.00. The number of aromatic carboxylic acids is 1. The average Bonchev–Trinajstić information content (AvgIpc) is 2.73. The van der Waals surface area contributed by atoms with E-state index in [0.29, 0.717) is 30.9 Å². The van der Waals surface area contributed by atoms with Gasteiger partial charge >= 0.3 is 5.97 Å². The third-order valence-electron chi connectivity index (χ3n) is 4.99. The van der Waals surface area contributed by atoms with Gasteiger partial charge < -0.3 is 20.9 Å². The first-order chi connectivity index (χ1) is 14.4. The zero-order valence-electron chi connectivity index (χ0n) is 16.7. The normalized spacial score (nSPS) is 12.7. The van der Waals surface area contributed by atoms with Crippen LogP contribution in [0.4, 0.5) is 5.69 Å². The zero-order chi connectivity index (χ0) is 21.7. The van der Waals surface area contributed by atoms with Crippen LogP contribution in [0.3, 0.4) is 0 Å². The number of fused-ring (bicyclic) bond motifs is 1. The molecular weight excluding hydrogens is 384 g/mol. The van der Waals surface area contributed by atoms with E-state index in [4.69, 9.17) is 10.5 Å². The van der Waals surface area contributed by atoms with E-state index >= 15 is 0 Å². The lowest BCUT2D eigenvalue weighted by Crippen LogP contribution is -2.21. The molecule has 0 saturated heterocycles. The van der Waals surface area contributed by atoms with Crippen molar-refractivity contribution in [2.75, 3.05) is 25.5 Å². The molecule has 2 aromatic rings. The van der Waals surface area contributed by atoms with Crippen molar-refractivity contribution in [2.45, 2.75) is 19.3 Å². The summed E-state index contributed by atoms with van der Waals surface area (Å²) in [5.41, 5.74) is 8.80. The minimum absolute atomic E-state index is 0.0590. The Morgan fingerprint density at radius 2 is 2.03 bits per heavy atom. The largest absolute Gasteiger partial charge is 0.493 e. The van der Waals surface area contributed by atoms with Crippen molar-refractivity contribution >= 4 is 29.3 Å². The Kier molecular flexibility index (Phi) is 6.64. The number of ether oxygens (including phenoxy) is 1. The van der Waals surface area contributed by atoms with Crippen molar-refractivity contribution in [3.05, 3.63) is 64.2 Å². The highest BCUT2D eigenvalue weighted by atomic mass is 16.5. The van der Waals surface area contributed by atoms with Gasteiger partial charge in [-0.05, 0) is 48.4 Å². The highest BCUT2D eigenvalue weighted by Crippen LogP contribution is 2.30. The van der Waals surface area contributed by atoms with Crippen LogP contribution in [0.1, 0.15) is 33.5 Å². The van der Waals surface area contributed by atoms with Gasteiger partial charge in [0.1, 0.15) is 5.75 Å². The molecule has 0 aliphatic heterocycles. The molecule has 0 aromatic heterocycles. The molecule has 0 spiro atoms. The van der Waals surface area contributed by atoms with Crippen LogP contribution in [0.15, 0.2) is 42.0 Å². The first-order valence-electron chi connectivity index (χ1n) is 9.71. The molecule has 0 fully saturated rings. The number of carboxylic acid groups (broad SMARTS) is 1. The lowest BCUT2D eigenvalue weighted by atomic mass is 9.86. The minimum atomic E-state index is -1.08. The number of ketones is 2. The van der Waals surface area contributed by atoms with Gasteiger partial charge in [0.2, 0.25) is 0 Å². The third kappa shape index (κ3) is 4.58. The minimum Gasteiger partial charge on any atom is -0.493 e. The van der Waals surface area contributed by atoms with Crippen LogP contribution in [0.2, 0.25) is 0 Å². The van der Waals surface area contributed by atoms with Crippen molar-refractivity contribution in [3.63, 3.8) is 0 Å². The number of carboxylic acids is 1. The summed E-state index contributed by atoms with van der Waals surface area (Å²) in [4.78, 5) is 36.9. The second kappa shape index (κ2) is 9.37. The fraction of sp³-hybridized carbons (Fsp3) is 0.261. The Balaban J connectivity index is 1.88. The summed E-state index contributed by atoms with van der Waals surface area (Å²) < 4.78 is 5.66. The van der Waals surface area contributed by atoms with Crippen molar-refractivity contribution in [3.8, 4) is 5.75 Å². The molecule has 0 unspecified atom stereocenters. The lowest BCUT2D eigenvalue weighted by Gasteiger charge is -2.18. The highest BCUT2D eigenvalue weighted by molar-refractivity contribution is 6.25. The molecule has 0 saturated carbocycles. The molecule has 0 bridgehead atoms. The molecule has 2 aromatic carbocycles. The number of rotatable bonds is 9. The maximum atomic E-state index is 12.9. The molecule has 156 valence electrons. The Morgan fingerprint density at radius 1 is 1.23 bits per heavy atom. The number of hydrogen-bond donors (Lipinski definition) is 3. The van der Waals surface area contributed by atoms with Crippen molar-refractivity contribution < 1.29 is 24.2 Å². The van der Waals surface area contributed by atoms with Crippen LogP contribution in [-0.2, 0) is 22.4 Å². The smallest absolute Gasteiger partial charge is 0.335 e. The molecule has 0 amide bonds. The van der Waals surface area contributed by atoms with Gasteiger partial charge in [-0.15, -0.1) is 0 Å². The SMILES string of the molecule is CNc1cccc2c1CC(=O)C(C(=O)Cc1ccc(C(=O)O)cc1OCCCN)=C2. The fourth-order valence-corrected chi connectivity index (χ4v) is 3.40. The van der Waals surface area contributed by atoms with Gasteiger partial charge in [-0.2, -0.15) is 0 Å². The van der Waals surface area contributed by atoms with E-state index in [2.05, 4.69) is 5.32 Å². The number of allylic oxidation sites excluding steroid dienone is 1. The number of carbonyl (C=O) groups excluding carboxylic acids is 2. The lowest BCUT2D eigenvalue weighted by molar-refractivity contribution is -0.120. The number of anilines is 1. The molecule has 7 heteroatoms. The Morgan fingerprint density at radius 3 is 2.73 bits per heavy atom. The third-order valence-corrected chi connectivity index (χ3v) is 4.99. The predicted octanol–water partition coefficient (Wildman–Crippen LogP) is 2.47. The molecule has 0 atom stereocenters. The average molecular weight is 408 g/mol. The molecule has 30 heavy (non-hydrogen) atoms. The van der Waals surface area contributed by atoms with E-state index in [1.54, 1.807) is 19.2 Å². The summed E-state index contributed by atoms with van der Waals surface area (Å²) in [6.07, 6.45) is 2.32. The van der Waals surface area contributed by atoms with E-state index in [0.717, 1.165) is 16.8 Å². The van der Waals surface area contributed by atoms with Gasteiger partial charge in [0.05, 0.1) is 17.7 Å². The Labute approximate surface area is 174 Å². The number of nitrogens with one attached hydrogen (secondary N) is 1. The van der Waals surface area contributed by atoms with E-state index in [1.807, 2.05) is 18.2 Å². The monoisotopic (exact) mass is 408 g/mol. The molecule has 3 rings (SSSR count). The standard InChI is InChI=1S/C23H24N2O5/c1-25-19-5-2-4-14-10-18(21(27)13-17(14)19)20(26)11-15-6-7-16(23(28)29)12-22(15)30-9-3-8-24/h2,4-7,10,12,25H,3,8-9,11,13,24H2,1H3,(H,28,29). The number of nitrogens with two attached hydrogens (primary N) is 1. The second-order valence-corrected chi connectivity index (χ2v) is 7.00. The molecule has 1 aliphatic rings. The highest BCUT2D eigenvalue weighted by Gasteiger charge is 2.26. The Bertz CT molecular complexity index is 1030. The predicted molar refractivity (Wildman–Crippen MR) is 114 cm³/mol. The molecule has 4 N–H and O–H groups in total. The van der Waals surface area contributed by atoms with Crippen molar-refractivity contribution in [1.29, 1.82) is 0 Å². The van der Waals surface area contributed by atoms with Crippen LogP contribution in [0, 0.1) is 0 Å². The number of carbonyl (C=O) groups is 3. The summed E-state index contributed by atoms with van der Waals surface area (Å²) in [6.45, 7) is 0.741.